The van der Waals surface area contributed by atoms with Crippen LogP contribution in [0.25, 0.3) is 6.08 Å². The van der Waals surface area contributed by atoms with Gasteiger partial charge in [0, 0.05) is 13.3 Å². The number of hydrogen-bond acceptors (Lipinski definition) is 8. The number of urea groups is 1. The summed E-state index contributed by atoms with van der Waals surface area (Å²) in [5.74, 6) is 0.413. The second kappa shape index (κ2) is 10.6. The van der Waals surface area contributed by atoms with Gasteiger partial charge in [-0.25, -0.2) is 15.2 Å². The molecule has 176 valence electrons. The minimum absolute atomic E-state index is 0.0185. The van der Waals surface area contributed by atoms with Crippen molar-refractivity contribution in [1.29, 1.82) is 0 Å². The molecule has 0 saturated carbocycles. The molecule has 2 aliphatic heterocycles. The Morgan fingerprint density at radius 2 is 1.88 bits per heavy atom. The fourth-order valence-corrected chi connectivity index (χ4v) is 3.66. The van der Waals surface area contributed by atoms with Gasteiger partial charge >= 0.3 is 6.03 Å². The van der Waals surface area contributed by atoms with Crippen molar-refractivity contribution in [3.05, 3.63) is 72.3 Å². The van der Waals surface area contributed by atoms with Crippen LogP contribution in [0.2, 0.25) is 0 Å². The summed E-state index contributed by atoms with van der Waals surface area (Å²) in [7, 11) is 1.56. The first-order chi connectivity index (χ1) is 16.5. The van der Waals surface area contributed by atoms with Gasteiger partial charge in [-0.1, -0.05) is 54.6 Å². The second-order valence-corrected chi connectivity index (χ2v) is 7.81. The Morgan fingerprint density at radius 1 is 1.18 bits per heavy atom. The lowest BCUT2D eigenvalue weighted by molar-refractivity contribution is -0.127. The Kier molecular flexibility index (Phi) is 7.19. The molecule has 2 heterocycles. The number of aliphatic imine (C=N–C) groups is 1. The smallest absolute Gasteiger partial charge is 0.325 e. The summed E-state index contributed by atoms with van der Waals surface area (Å²) < 4.78 is 5.63. The molecule has 0 aromatic heterocycles. The zero-order chi connectivity index (χ0) is 23.9. The van der Waals surface area contributed by atoms with Crippen molar-refractivity contribution in [1.82, 2.24) is 20.5 Å². The summed E-state index contributed by atoms with van der Waals surface area (Å²) in [6, 6.07) is 17.6. The van der Waals surface area contributed by atoms with E-state index in [2.05, 4.69) is 20.8 Å². The Hall–Kier alpha value is -4.18. The summed E-state index contributed by atoms with van der Waals surface area (Å²) in [6.07, 6.45) is 3.55. The zero-order valence-corrected chi connectivity index (χ0v) is 18.6. The third-order valence-electron chi connectivity index (χ3n) is 5.37. The van der Waals surface area contributed by atoms with E-state index in [-0.39, 0.29) is 19.1 Å². The molecule has 0 radical (unpaired) electrons. The highest BCUT2D eigenvalue weighted by Crippen LogP contribution is 2.23. The van der Waals surface area contributed by atoms with E-state index >= 15 is 0 Å². The number of hydrazone groups is 1. The van der Waals surface area contributed by atoms with Crippen LogP contribution in [-0.2, 0) is 4.79 Å². The number of allylic oxidation sites excluding steroid dienone is 1. The number of benzene rings is 2. The number of carbonyl (C=O) groups excluding carboxylic acids is 2. The molecule has 0 spiro atoms. The van der Waals surface area contributed by atoms with Crippen LogP contribution in [0.5, 0.6) is 5.75 Å². The molecule has 3 amide bonds. The lowest BCUT2D eigenvalue weighted by atomic mass is 10.1. The normalized spacial score (nSPS) is 20.9. The summed E-state index contributed by atoms with van der Waals surface area (Å²) in [5, 5.41) is 17.1. The number of para-hydroxylation sites is 1. The molecule has 1 saturated heterocycles. The highest BCUT2D eigenvalue weighted by molar-refractivity contribution is 6.03. The molecule has 3 N–H and O–H groups in total. The molecule has 10 nitrogen and oxygen atoms in total. The molecule has 3 unspecified atom stereocenters. The summed E-state index contributed by atoms with van der Waals surface area (Å²) in [6.45, 7) is 0.0648. The second-order valence-electron chi connectivity index (χ2n) is 7.81. The van der Waals surface area contributed by atoms with Crippen molar-refractivity contribution >= 4 is 30.2 Å². The van der Waals surface area contributed by atoms with Crippen molar-refractivity contribution < 1.29 is 19.4 Å². The number of imide groups is 1. The molecule has 34 heavy (non-hydrogen) atoms. The van der Waals surface area contributed by atoms with Crippen LogP contribution < -0.4 is 15.5 Å². The van der Waals surface area contributed by atoms with Gasteiger partial charge in [0.15, 0.2) is 12.2 Å². The average molecular weight is 463 g/mol. The average Bonchev–Trinajstić information content (AvgIpc) is 3.21. The van der Waals surface area contributed by atoms with Gasteiger partial charge in [-0.3, -0.25) is 10.1 Å². The van der Waals surface area contributed by atoms with Gasteiger partial charge in [0.2, 0.25) is 5.96 Å². The number of amides is 3. The predicted molar refractivity (Wildman–Crippen MR) is 128 cm³/mol. The summed E-state index contributed by atoms with van der Waals surface area (Å²) >= 11 is 0. The SMILES string of the molecule is CN1C(=O)NC(=O)C2C1N=C(N/N=C/C=C/c1ccccc1)N2CC(O)COc1ccccc1. The number of hydrogen-bond donors (Lipinski definition) is 3. The van der Waals surface area contributed by atoms with E-state index in [1.165, 1.54) is 4.90 Å². The Labute approximate surface area is 197 Å². The van der Waals surface area contributed by atoms with Crippen LogP contribution in [0, 0.1) is 0 Å². The van der Waals surface area contributed by atoms with E-state index in [4.69, 9.17) is 4.74 Å². The number of carbonyl (C=O) groups is 2. The number of guanidine groups is 1. The standard InChI is InChI=1S/C24H26N6O4/c1-29-21-20(22(32)27-24(29)33)30(15-18(31)16-34-19-12-6-3-7-13-19)23(26-21)28-25-14-8-11-17-9-4-2-5-10-17/h2-14,18,20-21,31H,15-16H2,1H3,(H,26,28)(H,27,32,33)/b11-8+,25-14+. The zero-order valence-electron chi connectivity index (χ0n) is 18.6. The van der Waals surface area contributed by atoms with Crippen LogP contribution in [0.1, 0.15) is 5.56 Å². The highest BCUT2D eigenvalue weighted by Gasteiger charge is 2.49. The maximum absolute atomic E-state index is 12.6. The number of likely N-dealkylation sites (N-methyl/N-ethyl adjacent to an activating group) is 1. The summed E-state index contributed by atoms with van der Waals surface area (Å²) in [5.41, 5.74) is 3.86. The van der Waals surface area contributed by atoms with Crippen LogP contribution in [0.3, 0.4) is 0 Å². The van der Waals surface area contributed by atoms with Crippen molar-refractivity contribution in [3.8, 4) is 5.75 Å². The van der Waals surface area contributed by atoms with Gasteiger partial charge in [0.25, 0.3) is 5.91 Å². The molecule has 4 rings (SSSR count). The number of β-amino-alcohol motifs (C(OH)–C–C–N with tert-alkyl or cyclic N) is 1. The number of aliphatic hydroxyl groups is 1. The quantitative estimate of drug-likeness (QED) is 0.402. The fourth-order valence-electron chi connectivity index (χ4n) is 3.66. The highest BCUT2D eigenvalue weighted by atomic mass is 16.5. The van der Waals surface area contributed by atoms with E-state index in [9.17, 15) is 14.7 Å². The first-order valence-electron chi connectivity index (χ1n) is 10.8. The lowest BCUT2D eigenvalue weighted by Gasteiger charge is -2.36. The van der Waals surface area contributed by atoms with E-state index in [0.29, 0.717) is 5.75 Å². The molecule has 2 aromatic rings. The molecule has 10 heteroatoms. The molecule has 0 aliphatic carbocycles. The molecular weight excluding hydrogens is 436 g/mol. The monoisotopic (exact) mass is 462 g/mol. The van der Waals surface area contributed by atoms with E-state index < -0.39 is 30.2 Å². The van der Waals surface area contributed by atoms with Crippen LogP contribution in [0.4, 0.5) is 4.79 Å². The molecule has 0 bridgehead atoms. The van der Waals surface area contributed by atoms with Gasteiger partial charge < -0.3 is 19.6 Å². The number of ether oxygens (including phenoxy) is 1. The third-order valence-corrected chi connectivity index (χ3v) is 5.37. The third kappa shape index (κ3) is 5.41. The Bertz CT molecular complexity index is 1090. The Morgan fingerprint density at radius 3 is 2.62 bits per heavy atom. The van der Waals surface area contributed by atoms with Crippen LogP contribution >= 0.6 is 0 Å². The van der Waals surface area contributed by atoms with Gasteiger partial charge in [0.1, 0.15) is 18.5 Å². The number of fused-ring (bicyclic) bond motifs is 1. The van der Waals surface area contributed by atoms with Crippen LogP contribution in [0.15, 0.2) is 76.8 Å². The largest absolute Gasteiger partial charge is 0.491 e. The minimum atomic E-state index is -0.927. The van der Waals surface area contributed by atoms with Crippen molar-refractivity contribution in [2.24, 2.45) is 10.1 Å². The van der Waals surface area contributed by atoms with E-state index in [1.54, 1.807) is 36.4 Å². The van der Waals surface area contributed by atoms with Crippen molar-refractivity contribution in [3.63, 3.8) is 0 Å². The van der Waals surface area contributed by atoms with Gasteiger partial charge in [-0.05, 0) is 23.8 Å². The number of rotatable bonds is 8. The van der Waals surface area contributed by atoms with Crippen molar-refractivity contribution in [2.45, 2.75) is 18.3 Å². The number of nitrogens with zero attached hydrogens (tertiary/aromatic N) is 4. The molecule has 1 fully saturated rings. The van der Waals surface area contributed by atoms with Crippen LogP contribution in [-0.4, -0.2) is 77.5 Å². The topological polar surface area (TPSA) is 119 Å². The maximum Gasteiger partial charge on any atom is 0.325 e. The van der Waals surface area contributed by atoms with Crippen molar-refractivity contribution in [2.75, 3.05) is 20.2 Å². The molecule has 2 aliphatic rings. The van der Waals surface area contributed by atoms with E-state index in [1.807, 2.05) is 54.6 Å². The first-order valence-corrected chi connectivity index (χ1v) is 10.8. The Balaban J connectivity index is 1.44. The summed E-state index contributed by atoms with van der Waals surface area (Å²) in [4.78, 5) is 32.1. The first kappa shape index (κ1) is 23.0. The van der Waals surface area contributed by atoms with Gasteiger partial charge in [-0.2, -0.15) is 5.10 Å². The number of aliphatic hydroxyl groups excluding tert-OH is 1. The molecule has 2 aromatic carbocycles. The molecular formula is C24H26N6O4. The molecule has 3 atom stereocenters. The number of nitrogens with one attached hydrogen (secondary N) is 2. The maximum atomic E-state index is 12.6. The lowest BCUT2D eigenvalue weighted by Crippen LogP contribution is -2.64. The van der Waals surface area contributed by atoms with Gasteiger partial charge in [0.05, 0.1) is 6.54 Å². The fraction of sp³-hybridized carbons (Fsp3) is 0.250. The predicted octanol–water partition coefficient (Wildman–Crippen LogP) is 1.26. The van der Waals surface area contributed by atoms with Gasteiger partial charge in [-0.15, -0.1) is 0 Å². The van der Waals surface area contributed by atoms with E-state index in [0.717, 1.165) is 5.56 Å². The minimum Gasteiger partial charge on any atom is -0.491 e.